The zero-order valence-corrected chi connectivity index (χ0v) is 10.1. The Kier molecular flexibility index (Phi) is 5.74. The third kappa shape index (κ3) is 4.92. The largest absolute Gasteiger partial charge is 0.393 e. The van der Waals surface area contributed by atoms with Crippen LogP contribution in [0, 0.1) is 5.82 Å². The molecule has 1 unspecified atom stereocenters. The van der Waals surface area contributed by atoms with E-state index in [4.69, 9.17) is 11.6 Å². The summed E-state index contributed by atoms with van der Waals surface area (Å²) in [4.78, 5) is 0. The Morgan fingerprint density at radius 2 is 2.19 bits per heavy atom. The summed E-state index contributed by atoms with van der Waals surface area (Å²) in [5.41, 5.74) is 0.816. The molecule has 0 bridgehead atoms. The standard InChI is InChI=1S/C12H17ClFNO/c1-2-12(16)3-4-15-8-9-5-10(13)7-11(14)6-9/h5-7,12,15-16H,2-4,8H2,1H3. The Morgan fingerprint density at radius 3 is 2.81 bits per heavy atom. The van der Waals surface area contributed by atoms with Gasteiger partial charge in [-0.15, -0.1) is 0 Å². The molecule has 0 radical (unpaired) electrons. The number of hydrogen-bond donors (Lipinski definition) is 2. The van der Waals surface area contributed by atoms with Crippen molar-refractivity contribution in [2.24, 2.45) is 0 Å². The lowest BCUT2D eigenvalue weighted by Gasteiger charge is -2.09. The van der Waals surface area contributed by atoms with E-state index in [-0.39, 0.29) is 11.9 Å². The lowest BCUT2D eigenvalue weighted by atomic mass is 10.2. The van der Waals surface area contributed by atoms with Crippen LogP contribution in [0.15, 0.2) is 18.2 Å². The second-order valence-corrected chi connectivity index (χ2v) is 4.24. The van der Waals surface area contributed by atoms with Gasteiger partial charge in [-0.05, 0) is 43.1 Å². The van der Waals surface area contributed by atoms with Crippen molar-refractivity contribution in [3.63, 3.8) is 0 Å². The SMILES string of the molecule is CCC(O)CCNCc1cc(F)cc(Cl)c1. The molecule has 0 fully saturated rings. The first kappa shape index (κ1) is 13.4. The van der Waals surface area contributed by atoms with E-state index < -0.39 is 0 Å². The Morgan fingerprint density at radius 1 is 1.44 bits per heavy atom. The van der Waals surface area contributed by atoms with E-state index in [0.717, 1.165) is 12.0 Å². The van der Waals surface area contributed by atoms with Gasteiger partial charge in [-0.1, -0.05) is 18.5 Å². The van der Waals surface area contributed by atoms with Crippen LogP contribution < -0.4 is 5.32 Å². The van der Waals surface area contributed by atoms with E-state index in [1.165, 1.54) is 12.1 Å². The van der Waals surface area contributed by atoms with Gasteiger partial charge in [0.05, 0.1) is 6.10 Å². The first-order chi connectivity index (χ1) is 7.61. The molecule has 1 aromatic carbocycles. The van der Waals surface area contributed by atoms with E-state index in [1.807, 2.05) is 6.92 Å². The summed E-state index contributed by atoms with van der Waals surface area (Å²) in [6, 6.07) is 4.47. The molecule has 0 aliphatic heterocycles. The number of rotatable bonds is 6. The molecule has 0 saturated heterocycles. The zero-order chi connectivity index (χ0) is 12.0. The van der Waals surface area contributed by atoms with Crippen LogP contribution in [0.2, 0.25) is 5.02 Å². The van der Waals surface area contributed by atoms with Crippen LogP contribution in [0.3, 0.4) is 0 Å². The number of benzene rings is 1. The molecule has 1 atom stereocenters. The molecule has 0 heterocycles. The molecule has 2 nitrogen and oxygen atoms in total. The summed E-state index contributed by atoms with van der Waals surface area (Å²) in [6.07, 6.45) is 1.20. The van der Waals surface area contributed by atoms with Crippen molar-refractivity contribution in [2.45, 2.75) is 32.4 Å². The third-order valence-corrected chi connectivity index (χ3v) is 2.60. The Hall–Kier alpha value is -0.640. The van der Waals surface area contributed by atoms with Crippen molar-refractivity contribution in [1.29, 1.82) is 0 Å². The van der Waals surface area contributed by atoms with Crippen LogP contribution in [0.1, 0.15) is 25.3 Å². The summed E-state index contributed by atoms with van der Waals surface area (Å²) in [5, 5.41) is 12.9. The van der Waals surface area contributed by atoms with Gasteiger partial charge < -0.3 is 10.4 Å². The highest BCUT2D eigenvalue weighted by Gasteiger charge is 2.01. The maximum Gasteiger partial charge on any atom is 0.125 e. The zero-order valence-electron chi connectivity index (χ0n) is 9.34. The third-order valence-electron chi connectivity index (χ3n) is 2.38. The van der Waals surface area contributed by atoms with Crippen LogP contribution in [-0.2, 0) is 6.54 Å². The summed E-state index contributed by atoms with van der Waals surface area (Å²) in [5.74, 6) is -0.321. The summed E-state index contributed by atoms with van der Waals surface area (Å²) in [6.45, 7) is 3.22. The van der Waals surface area contributed by atoms with Crippen LogP contribution in [0.25, 0.3) is 0 Å². The predicted octanol–water partition coefficient (Wildman–Crippen LogP) is 2.73. The lowest BCUT2D eigenvalue weighted by molar-refractivity contribution is 0.159. The monoisotopic (exact) mass is 245 g/mol. The number of halogens is 2. The topological polar surface area (TPSA) is 32.3 Å². The van der Waals surface area contributed by atoms with Gasteiger partial charge in [-0.3, -0.25) is 0 Å². The van der Waals surface area contributed by atoms with Gasteiger partial charge in [-0.2, -0.15) is 0 Å². The highest BCUT2D eigenvalue weighted by atomic mass is 35.5. The van der Waals surface area contributed by atoms with Gasteiger partial charge in [0.25, 0.3) is 0 Å². The average molecular weight is 246 g/mol. The normalized spacial score (nSPS) is 12.8. The first-order valence-electron chi connectivity index (χ1n) is 5.45. The smallest absolute Gasteiger partial charge is 0.125 e. The number of hydrogen-bond acceptors (Lipinski definition) is 2. The van der Waals surface area contributed by atoms with Gasteiger partial charge in [0, 0.05) is 11.6 Å². The molecule has 0 aromatic heterocycles. The molecule has 4 heteroatoms. The Balaban J connectivity index is 2.32. The Bertz CT molecular complexity index is 313. The Labute approximate surface area is 100 Å². The fourth-order valence-corrected chi connectivity index (χ4v) is 1.66. The predicted molar refractivity (Wildman–Crippen MR) is 64.0 cm³/mol. The quantitative estimate of drug-likeness (QED) is 0.756. The average Bonchev–Trinajstić information content (AvgIpc) is 2.22. The molecular weight excluding hydrogens is 229 g/mol. The van der Waals surface area contributed by atoms with Crippen LogP contribution >= 0.6 is 11.6 Å². The molecule has 2 N–H and O–H groups in total. The molecule has 0 spiro atoms. The first-order valence-corrected chi connectivity index (χ1v) is 5.83. The molecule has 0 saturated carbocycles. The molecule has 16 heavy (non-hydrogen) atoms. The van der Waals surface area contributed by atoms with E-state index >= 15 is 0 Å². The van der Waals surface area contributed by atoms with Crippen LogP contribution in [-0.4, -0.2) is 17.8 Å². The molecule has 1 rings (SSSR count). The van der Waals surface area contributed by atoms with Crippen molar-refractivity contribution >= 4 is 11.6 Å². The molecule has 0 aliphatic carbocycles. The van der Waals surface area contributed by atoms with E-state index in [9.17, 15) is 9.50 Å². The second-order valence-electron chi connectivity index (χ2n) is 3.81. The highest BCUT2D eigenvalue weighted by molar-refractivity contribution is 6.30. The highest BCUT2D eigenvalue weighted by Crippen LogP contribution is 2.13. The maximum atomic E-state index is 13.0. The van der Waals surface area contributed by atoms with Crippen molar-refractivity contribution in [1.82, 2.24) is 5.32 Å². The van der Waals surface area contributed by atoms with E-state index in [2.05, 4.69) is 5.32 Å². The van der Waals surface area contributed by atoms with E-state index in [1.54, 1.807) is 6.07 Å². The van der Waals surface area contributed by atoms with Gasteiger partial charge in [-0.25, -0.2) is 4.39 Å². The molecule has 90 valence electrons. The minimum Gasteiger partial charge on any atom is -0.393 e. The minimum absolute atomic E-state index is 0.261. The number of nitrogens with one attached hydrogen (secondary N) is 1. The fraction of sp³-hybridized carbons (Fsp3) is 0.500. The van der Waals surface area contributed by atoms with Gasteiger partial charge in [0.15, 0.2) is 0 Å². The van der Waals surface area contributed by atoms with Crippen molar-refractivity contribution in [3.8, 4) is 0 Å². The van der Waals surface area contributed by atoms with Crippen molar-refractivity contribution in [3.05, 3.63) is 34.6 Å². The van der Waals surface area contributed by atoms with E-state index in [0.29, 0.717) is 24.5 Å². The number of aliphatic hydroxyl groups is 1. The second kappa shape index (κ2) is 6.84. The lowest BCUT2D eigenvalue weighted by Crippen LogP contribution is -2.19. The molecule has 1 aromatic rings. The van der Waals surface area contributed by atoms with Gasteiger partial charge >= 0.3 is 0 Å². The fourth-order valence-electron chi connectivity index (χ4n) is 1.42. The summed E-state index contributed by atoms with van der Waals surface area (Å²) >= 11 is 5.73. The van der Waals surface area contributed by atoms with Crippen LogP contribution in [0.4, 0.5) is 4.39 Å². The minimum atomic E-state index is -0.321. The van der Waals surface area contributed by atoms with Crippen LogP contribution in [0.5, 0.6) is 0 Å². The molecule has 0 amide bonds. The summed E-state index contributed by atoms with van der Waals surface area (Å²) < 4.78 is 13.0. The van der Waals surface area contributed by atoms with Gasteiger partial charge in [0.1, 0.15) is 5.82 Å². The molecule has 0 aliphatic rings. The number of aliphatic hydroxyl groups excluding tert-OH is 1. The molecular formula is C12H17ClFNO. The van der Waals surface area contributed by atoms with Gasteiger partial charge in [0.2, 0.25) is 0 Å². The maximum absolute atomic E-state index is 13.0. The summed E-state index contributed by atoms with van der Waals surface area (Å²) in [7, 11) is 0. The van der Waals surface area contributed by atoms with Crippen molar-refractivity contribution < 1.29 is 9.50 Å². The van der Waals surface area contributed by atoms with Crippen molar-refractivity contribution in [2.75, 3.05) is 6.54 Å².